The summed E-state index contributed by atoms with van der Waals surface area (Å²) in [6, 6.07) is 22.7. The van der Waals surface area contributed by atoms with Crippen molar-refractivity contribution in [1.82, 2.24) is 19.9 Å². The molecule has 3 N–H and O–H groups in total. The highest BCUT2D eigenvalue weighted by Crippen LogP contribution is 2.46. The average molecular weight is 712 g/mol. The first kappa shape index (κ1) is 35.4. The van der Waals surface area contributed by atoms with Gasteiger partial charge >= 0.3 is 0 Å². The zero-order valence-electron chi connectivity index (χ0n) is 28.9. The van der Waals surface area contributed by atoms with Crippen LogP contribution in [0.3, 0.4) is 0 Å². The van der Waals surface area contributed by atoms with Gasteiger partial charge < -0.3 is 25.0 Å². The van der Waals surface area contributed by atoms with Gasteiger partial charge in [-0.2, -0.15) is 0 Å². The summed E-state index contributed by atoms with van der Waals surface area (Å²) in [5.41, 5.74) is 1.05. The minimum atomic E-state index is -4.29. The Balaban J connectivity index is 1.27. The van der Waals surface area contributed by atoms with Gasteiger partial charge in [0.2, 0.25) is 11.8 Å². The molecule has 0 unspecified atom stereocenters. The number of fused-ring (bicyclic) bond motifs is 1. The standard InChI is InChI=1S/C38H41N5O7S/c1-6-25-22-38(25,37(46)42-51(47,48)35-15-11-10-14-30(35)39-3)41-36(45)29-18-27(20-33(29)43(4)23(2)44)50-34-21-31(24-12-8-7-9-13-24)40-32-19-26(49-5)16-17-28(32)34/h6-17,19,21,25,27,29,33,39H,1,18,20,22H2,2-5H3,(H,41,45)(H,42,46)/t25-,27-,29-,33+,38-/m1/s1. The van der Waals surface area contributed by atoms with Crippen LogP contribution < -0.4 is 24.8 Å². The van der Waals surface area contributed by atoms with Crippen molar-refractivity contribution < 1.29 is 32.3 Å². The number of sulfonamides is 1. The number of para-hydroxylation sites is 1. The molecule has 5 atom stereocenters. The smallest absolute Gasteiger partial charge is 0.266 e. The van der Waals surface area contributed by atoms with Crippen molar-refractivity contribution in [3.8, 4) is 22.8 Å². The SMILES string of the molecule is C=C[C@@H]1C[C@]1(NC(=O)[C@@H]1C[C@@H](Oc2cc(-c3ccccc3)nc3cc(OC)ccc23)C[C@@H]1N(C)C(C)=O)C(=O)NS(=O)(=O)c1ccccc1NC. The Labute approximate surface area is 297 Å². The third-order valence-electron chi connectivity index (χ3n) is 9.88. The Hall–Kier alpha value is -5.43. The molecule has 13 heteroatoms. The van der Waals surface area contributed by atoms with Crippen molar-refractivity contribution in [2.24, 2.45) is 11.8 Å². The molecule has 0 bridgehead atoms. The molecule has 0 aliphatic heterocycles. The normalized spacial score (nSPS) is 22.4. The molecule has 1 aromatic heterocycles. The fraction of sp³-hybridized carbons (Fsp3) is 0.316. The van der Waals surface area contributed by atoms with Crippen molar-refractivity contribution in [1.29, 1.82) is 0 Å². The van der Waals surface area contributed by atoms with E-state index in [2.05, 4.69) is 21.9 Å². The van der Waals surface area contributed by atoms with E-state index >= 15 is 0 Å². The summed E-state index contributed by atoms with van der Waals surface area (Å²) in [6.07, 6.45) is 1.79. The number of nitrogens with zero attached hydrogens (tertiary/aromatic N) is 2. The van der Waals surface area contributed by atoms with E-state index in [1.807, 2.05) is 54.6 Å². The van der Waals surface area contributed by atoms with Gasteiger partial charge in [0.1, 0.15) is 28.0 Å². The first-order chi connectivity index (χ1) is 24.4. The number of rotatable bonds is 12. The molecular weight excluding hydrogens is 671 g/mol. The summed E-state index contributed by atoms with van der Waals surface area (Å²) in [5, 5.41) is 6.45. The zero-order chi connectivity index (χ0) is 36.5. The van der Waals surface area contributed by atoms with Gasteiger partial charge in [0.05, 0.1) is 29.9 Å². The number of ether oxygens (including phenoxy) is 2. The molecule has 3 amide bonds. The van der Waals surface area contributed by atoms with Gasteiger partial charge in [-0.25, -0.2) is 18.1 Å². The first-order valence-electron chi connectivity index (χ1n) is 16.6. The van der Waals surface area contributed by atoms with Crippen LogP contribution in [0.25, 0.3) is 22.2 Å². The Kier molecular flexibility index (Phi) is 9.76. The van der Waals surface area contributed by atoms with Crippen LogP contribution in [0.4, 0.5) is 5.69 Å². The number of methoxy groups -OCH3 is 1. The van der Waals surface area contributed by atoms with E-state index in [0.717, 1.165) is 10.9 Å². The van der Waals surface area contributed by atoms with E-state index in [-0.39, 0.29) is 23.6 Å². The van der Waals surface area contributed by atoms with Crippen molar-refractivity contribution in [3.63, 3.8) is 0 Å². The molecule has 2 fully saturated rings. The summed E-state index contributed by atoms with van der Waals surface area (Å²) < 4.78 is 40.9. The Morgan fingerprint density at radius 3 is 2.41 bits per heavy atom. The second-order valence-electron chi connectivity index (χ2n) is 13.0. The van der Waals surface area contributed by atoms with Gasteiger partial charge in [0, 0.05) is 62.5 Å². The van der Waals surface area contributed by atoms with Gasteiger partial charge in [0.25, 0.3) is 15.9 Å². The fourth-order valence-electron chi connectivity index (χ4n) is 6.87. The molecule has 6 rings (SSSR count). The van der Waals surface area contributed by atoms with Gasteiger partial charge in [-0.3, -0.25) is 14.4 Å². The molecule has 0 spiro atoms. The van der Waals surface area contributed by atoms with Crippen LogP contribution in [0.5, 0.6) is 11.5 Å². The van der Waals surface area contributed by atoms with Crippen molar-refractivity contribution in [2.45, 2.75) is 48.8 Å². The van der Waals surface area contributed by atoms with Gasteiger partial charge in [-0.1, -0.05) is 48.5 Å². The molecule has 2 saturated carbocycles. The highest BCUT2D eigenvalue weighted by Gasteiger charge is 2.61. The molecular formula is C38H41N5O7S. The monoisotopic (exact) mass is 711 g/mol. The minimum absolute atomic E-state index is 0.102. The number of benzene rings is 3. The predicted molar refractivity (Wildman–Crippen MR) is 194 cm³/mol. The quantitative estimate of drug-likeness (QED) is 0.180. The number of amides is 3. The lowest BCUT2D eigenvalue weighted by atomic mass is 10.00. The van der Waals surface area contributed by atoms with Crippen LogP contribution in [0.1, 0.15) is 26.2 Å². The lowest BCUT2D eigenvalue weighted by Gasteiger charge is -2.29. The van der Waals surface area contributed by atoms with Crippen LogP contribution >= 0.6 is 0 Å². The second kappa shape index (κ2) is 14.1. The number of aromatic nitrogens is 1. The van der Waals surface area contributed by atoms with Gasteiger partial charge in [-0.15, -0.1) is 6.58 Å². The fourth-order valence-corrected chi connectivity index (χ4v) is 8.12. The van der Waals surface area contributed by atoms with E-state index < -0.39 is 51.4 Å². The number of nitrogens with one attached hydrogen (secondary N) is 3. The van der Waals surface area contributed by atoms with Crippen LogP contribution in [0.15, 0.2) is 96.4 Å². The summed E-state index contributed by atoms with van der Waals surface area (Å²) >= 11 is 0. The van der Waals surface area contributed by atoms with Crippen LogP contribution in [-0.2, 0) is 24.4 Å². The molecule has 266 valence electrons. The highest BCUT2D eigenvalue weighted by atomic mass is 32.2. The van der Waals surface area contributed by atoms with Gasteiger partial charge in [-0.05, 0) is 37.1 Å². The molecule has 4 aromatic rings. The number of hydrogen-bond donors (Lipinski definition) is 3. The molecule has 2 aliphatic carbocycles. The van der Waals surface area contributed by atoms with Crippen LogP contribution in [0, 0.1) is 11.8 Å². The average Bonchev–Trinajstić information content (AvgIpc) is 3.70. The van der Waals surface area contributed by atoms with E-state index in [1.54, 1.807) is 39.4 Å². The van der Waals surface area contributed by atoms with E-state index in [1.165, 1.54) is 24.0 Å². The largest absolute Gasteiger partial charge is 0.497 e. The highest BCUT2D eigenvalue weighted by molar-refractivity contribution is 7.90. The molecule has 51 heavy (non-hydrogen) atoms. The summed E-state index contributed by atoms with van der Waals surface area (Å²) in [5.74, 6) is -1.63. The molecule has 0 radical (unpaired) electrons. The van der Waals surface area contributed by atoms with Gasteiger partial charge in [0.15, 0.2) is 0 Å². The number of carbonyl (C=O) groups is 3. The maximum Gasteiger partial charge on any atom is 0.266 e. The topological polar surface area (TPSA) is 156 Å². The number of hydrogen-bond acceptors (Lipinski definition) is 9. The van der Waals surface area contributed by atoms with Crippen molar-refractivity contribution in [3.05, 3.63) is 91.5 Å². The predicted octanol–water partition coefficient (Wildman–Crippen LogP) is 4.52. The van der Waals surface area contributed by atoms with E-state index in [4.69, 9.17) is 14.5 Å². The van der Waals surface area contributed by atoms with Crippen molar-refractivity contribution >= 4 is 44.3 Å². The summed E-state index contributed by atoms with van der Waals surface area (Å²) in [7, 11) is 0.510. The lowest BCUT2D eigenvalue weighted by Crippen LogP contribution is -2.55. The first-order valence-corrected chi connectivity index (χ1v) is 18.1. The van der Waals surface area contributed by atoms with E-state index in [0.29, 0.717) is 34.8 Å². The summed E-state index contributed by atoms with van der Waals surface area (Å²) in [6.45, 7) is 5.23. The zero-order valence-corrected chi connectivity index (χ0v) is 29.7. The van der Waals surface area contributed by atoms with Crippen LogP contribution in [-0.4, -0.2) is 74.9 Å². The molecule has 12 nitrogen and oxygen atoms in total. The maximum atomic E-state index is 14.2. The number of pyridine rings is 1. The third kappa shape index (κ3) is 6.98. The molecule has 3 aromatic carbocycles. The molecule has 1 heterocycles. The lowest BCUT2D eigenvalue weighted by molar-refractivity contribution is -0.135. The number of anilines is 1. The third-order valence-corrected chi connectivity index (χ3v) is 11.3. The van der Waals surface area contributed by atoms with Crippen LogP contribution in [0.2, 0.25) is 0 Å². The van der Waals surface area contributed by atoms with Crippen molar-refractivity contribution in [2.75, 3.05) is 26.5 Å². The van der Waals surface area contributed by atoms with E-state index in [9.17, 15) is 22.8 Å². The Morgan fingerprint density at radius 1 is 1.02 bits per heavy atom. The minimum Gasteiger partial charge on any atom is -0.497 e. The Bertz CT molecular complexity index is 2110. The molecule has 2 aliphatic rings. The second-order valence-corrected chi connectivity index (χ2v) is 14.6. The molecule has 0 saturated heterocycles. The maximum absolute atomic E-state index is 14.2. The summed E-state index contributed by atoms with van der Waals surface area (Å²) in [4.78, 5) is 46.8. The number of carbonyl (C=O) groups excluding carboxylic acids is 3. The Morgan fingerprint density at radius 2 is 1.75 bits per heavy atom.